The van der Waals surface area contributed by atoms with E-state index in [4.69, 9.17) is 5.11 Å². The van der Waals surface area contributed by atoms with Crippen molar-refractivity contribution in [3.8, 4) is 11.4 Å². The number of aryl methyl sites for hydroxylation is 2. The minimum absolute atomic E-state index is 0.292. The number of aromatic amines is 1. The fourth-order valence-electron chi connectivity index (χ4n) is 2.30. The van der Waals surface area contributed by atoms with Gasteiger partial charge in [0, 0.05) is 11.1 Å². The highest BCUT2D eigenvalue weighted by Crippen LogP contribution is 2.23. The SMILES string of the molecule is Cc1ccc(-c2nc3ccc(C(=O)CO)cc3[nH]2)cc1C. The Morgan fingerprint density at radius 2 is 1.95 bits per heavy atom. The van der Waals surface area contributed by atoms with Crippen LogP contribution in [-0.4, -0.2) is 27.5 Å². The number of aliphatic hydroxyl groups excluding tert-OH is 1. The van der Waals surface area contributed by atoms with Gasteiger partial charge in [0.15, 0.2) is 5.78 Å². The van der Waals surface area contributed by atoms with Gasteiger partial charge in [-0.2, -0.15) is 0 Å². The fraction of sp³-hybridized carbons (Fsp3) is 0.176. The first-order valence-electron chi connectivity index (χ1n) is 6.80. The van der Waals surface area contributed by atoms with Crippen LogP contribution in [0.25, 0.3) is 22.4 Å². The number of carbonyl (C=O) groups excluding carboxylic acids is 1. The van der Waals surface area contributed by atoms with Crippen LogP contribution in [0.2, 0.25) is 0 Å². The van der Waals surface area contributed by atoms with E-state index in [2.05, 4.69) is 35.9 Å². The highest BCUT2D eigenvalue weighted by molar-refractivity contribution is 5.99. The van der Waals surface area contributed by atoms with Gasteiger partial charge in [-0.25, -0.2) is 4.98 Å². The number of carbonyl (C=O) groups is 1. The summed E-state index contributed by atoms with van der Waals surface area (Å²) in [5, 5.41) is 8.92. The van der Waals surface area contributed by atoms with Gasteiger partial charge in [0.05, 0.1) is 11.0 Å². The van der Waals surface area contributed by atoms with Crippen molar-refractivity contribution in [2.24, 2.45) is 0 Å². The summed E-state index contributed by atoms with van der Waals surface area (Å²) in [5.74, 6) is 0.487. The Kier molecular flexibility index (Phi) is 3.31. The molecule has 0 radical (unpaired) electrons. The molecular formula is C17H16N2O2. The van der Waals surface area contributed by atoms with Crippen LogP contribution in [-0.2, 0) is 0 Å². The highest BCUT2D eigenvalue weighted by atomic mass is 16.3. The van der Waals surface area contributed by atoms with E-state index < -0.39 is 6.61 Å². The van der Waals surface area contributed by atoms with Gasteiger partial charge in [-0.05, 0) is 49.2 Å². The van der Waals surface area contributed by atoms with Crippen LogP contribution in [0, 0.1) is 13.8 Å². The predicted octanol–water partition coefficient (Wildman–Crippen LogP) is 3.02. The lowest BCUT2D eigenvalue weighted by Gasteiger charge is -2.02. The fourth-order valence-corrected chi connectivity index (χ4v) is 2.30. The summed E-state index contributed by atoms with van der Waals surface area (Å²) >= 11 is 0. The Morgan fingerprint density at radius 3 is 2.67 bits per heavy atom. The molecule has 3 aromatic rings. The zero-order valence-corrected chi connectivity index (χ0v) is 12.0. The van der Waals surface area contributed by atoms with E-state index in [1.54, 1.807) is 18.2 Å². The molecule has 0 aliphatic heterocycles. The summed E-state index contributed by atoms with van der Waals surface area (Å²) in [5.41, 5.74) is 5.56. The molecule has 2 aromatic carbocycles. The number of nitrogens with one attached hydrogen (secondary N) is 1. The number of benzene rings is 2. The Bertz CT molecular complexity index is 834. The van der Waals surface area contributed by atoms with Crippen LogP contribution in [0.5, 0.6) is 0 Å². The van der Waals surface area contributed by atoms with E-state index in [1.807, 2.05) is 6.07 Å². The van der Waals surface area contributed by atoms with Crippen molar-refractivity contribution in [3.05, 3.63) is 53.1 Å². The molecular weight excluding hydrogens is 264 g/mol. The Hall–Kier alpha value is -2.46. The third kappa shape index (κ3) is 2.45. The van der Waals surface area contributed by atoms with Crippen molar-refractivity contribution in [2.75, 3.05) is 6.61 Å². The van der Waals surface area contributed by atoms with E-state index in [0.29, 0.717) is 5.56 Å². The molecule has 2 N–H and O–H groups in total. The predicted molar refractivity (Wildman–Crippen MR) is 82.4 cm³/mol. The molecule has 106 valence electrons. The molecule has 0 aliphatic rings. The Labute approximate surface area is 122 Å². The lowest BCUT2D eigenvalue weighted by atomic mass is 10.1. The number of H-pyrrole nitrogens is 1. The van der Waals surface area contributed by atoms with Crippen molar-refractivity contribution >= 4 is 16.8 Å². The zero-order chi connectivity index (χ0) is 15.0. The van der Waals surface area contributed by atoms with Gasteiger partial charge in [0.2, 0.25) is 0 Å². The molecule has 0 saturated heterocycles. The number of nitrogens with zero attached hydrogens (tertiary/aromatic N) is 1. The first-order valence-corrected chi connectivity index (χ1v) is 6.80. The van der Waals surface area contributed by atoms with Gasteiger partial charge in [0.1, 0.15) is 12.4 Å². The van der Waals surface area contributed by atoms with Crippen molar-refractivity contribution in [2.45, 2.75) is 13.8 Å². The number of hydrogen-bond acceptors (Lipinski definition) is 3. The molecule has 0 spiro atoms. The van der Waals surface area contributed by atoms with E-state index in [1.165, 1.54) is 11.1 Å². The highest BCUT2D eigenvalue weighted by Gasteiger charge is 2.09. The second kappa shape index (κ2) is 5.14. The topological polar surface area (TPSA) is 66.0 Å². The van der Waals surface area contributed by atoms with Gasteiger partial charge >= 0.3 is 0 Å². The molecule has 0 amide bonds. The quantitative estimate of drug-likeness (QED) is 0.725. The maximum atomic E-state index is 11.5. The zero-order valence-electron chi connectivity index (χ0n) is 12.0. The number of aliphatic hydroxyl groups is 1. The number of hydrogen-bond donors (Lipinski definition) is 2. The van der Waals surface area contributed by atoms with E-state index in [-0.39, 0.29) is 5.78 Å². The number of ketones is 1. The number of fused-ring (bicyclic) bond motifs is 1. The second-order valence-corrected chi connectivity index (χ2v) is 5.20. The third-order valence-corrected chi connectivity index (χ3v) is 3.73. The van der Waals surface area contributed by atoms with E-state index in [0.717, 1.165) is 22.4 Å². The van der Waals surface area contributed by atoms with Gasteiger partial charge in [-0.1, -0.05) is 12.1 Å². The van der Waals surface area contributed by atoms with Crippen LogP contribution < -0.4 is 0 Å². The lowest BCUT2D eigenvalue weighted by molar-refractivity contribution is 0.0904. The number of rotatable bonds is 3. The summed E-state index contributed by atoms with van der Waals surface area (Å²) in [7, 11) is 0. The van der Waals surface area contributed by atoms with E-state index in [9.17, 15) is 4.79 Å². The summed E-state index contributed by atoms with van der Waals surface area (Å²) in [4.78, 5) is 19.3. The van der Waals surface area contributed by atoms with Gasteiger partial charge < -0.3 is 10.1 Å². The molecule has 4 heteroatoms. The van der Waals surface area contributed by atoms with Crippen LogP contribution in [0.15, 0.2) is 36.4 Å². The second-order valence-electron chi connectivity index (χ2n) is 5.20. The van der Waals surface area contributed by atoms with Crippen molar-refractivity contribution in [3.63, 3.8) is 0 Å². The van der Waals surface area contributed by atoms with Gasteiger partial charge in [-0.15, -0.1) is 0 Å². The monoisotopic (exact) mass is 280 g/mol. The number of aromatic nitrogens is 2. The number of Topliss-reactive ketones (excluding diaryl/α,β-unsaturated/α-hetero) is 1. The first kappa shape index (κ1) is 13.5. The summed E-state index contributed by atoms with van der Waals surface area (Å²) < 4.78 is 0. The average molecular weight is 280 g/mol. The Balaban J connectivity index is 2.08. The lowest BCUT2D eigenvalue weighted by Crippen LogP contribution is -2.03. The molecule has 21 heavy (non-hydrogen) atoms. The molecule has 0 bridgehead atoms. The summed E-state index contributed by atoms with van der Waals surface area (Å²) in [6, 6.07) is 11.4. The van der Waals surface area contributed by atoms with Crippen molar-refractivity contribution in [1.29, 1.82) is 0 Å². The molecule has 0 atom stereocenters. The molecule has 0 saturated carbocycles. The maximum Gasteiger partial charge on any atom is 0.188 e. The van der Waals surface area contributed by atoms with Crippen molar-refractivity contribution in [1.82, 2.24) is 9.97 Å². The normalized spacial score (nSPS) is 11.0. The molecule has 1 aromatic heterocycles. The molecule has 3 rings (SSSR count). The van der Waals surface area contributed by atoms with Crippen LogP contribution in [0.1, 0.15) is 21.5 Å². The van der Waals surface area contributed by atoms with E-state index >= 15 is 0 Å². The first-order chi connectivity index (χ1) is 10.1. The van der Waals surface area contributed by atoms with Gasteiger partial charge in [-0.3, -0.25) is 4.79 Å². The van der Waals surface area contributed by atoms with Crippen LogP contribution in [0.4, 0.5) is 0 Å². The largest absolute Gasteiger partial charge is 0.388 e. The molecule has 0 unspecified atom stereocenters. The molecule has 0 aliphatic carbocycles. The smallest absolute Gasteiger partial charge is 0.188 e. The maximum absolute atomic E-state index is 11.5. The summed E-state index contributed by atoms with van der Waals surface area (Å²) in [6.45, 7) is 3.66. The average Bonchev–Trinajstić information content (AvgIpc) is 2.92. The van der Waals surface area contributed by atoms with Crippen molar-refractivity contribution < 1.29 is 9.90 Å². The molecule has 4 nitrogen and oxygen atoms in total. The minimum Gasteiger partial charge on any atom is -0.388 e. The van der Waals surface area contributed by atoms with Gasteiger partial charge in [0.25, 0.3) is 0 Å². The number of imidazole rings is 1. The van der Waals surface area contributed by atoms with Crippen LogP contribution >= 0.6 is 0 Å². The standard InChI is InChI=1S/C17H16N2O2/c1-10-3-4-13(7-11(10)2)17-18-14-6-5-12(16(21)9-20)8-15(14)19-17/h3-8,20H,9H2,1-2H3,(H,18,19). The third-order valence-electron chi connectivity index (χ3n) is 3.73. The summed E-state index contributed by atoms with van der Waals surface area (Å²) in [6.07, 6.45) is 0. The van der Waals surface area contributed by atoms with Crippen LogP contribution in [0.3, 0.4) is 0 Å². The Morgan fingerprint density at radius 1 is 1.14 bits per heavy atom. The molecule has 1 heterocycles. The minimum atomic E-state index is -0.482. The molecule has 0 fully saturated rings.